The maximum absolute atomic E-state index is 13.0. The van der Waals surface area contributed by atoms with Crippen molar-refractivity contribution in [1.82, 2.24) is 10.2 Å². The summed E-state index contributed by atoms with van der Waals surface area (Å²) in [6, 6.07) is 18.4. The van der Waals surface area contributed by atoms with Gasteiger partial charge in [0.25, 0.3) is 5.91 Å². The Morgan fingerprint density at radius 1 is 1.00 bits per heavy atom. The van der Waals surface area contributed by atoms with E-state index in [1.165, 1.54) is 0 Å². The van der Waals surface area contributed by atoms with Crippen molar-refractivity contribution in [2.45, 2.75) is 24.5 Å². The van der Waals surface area contributed by atoms with Crippen LogP contribution in [0.1, 0.15) is 24.0 Å². The van der Waals surface area contributed by atoms with Crippen LogP contribution in [0.2, 0.25) is 0 Å². The summed E-state index contributed by atoms with van der Waals surface area (Å²) < 4.78 is 0. The molecule has 4 nitrogen and oxygen atoms in total. The van der Waals surface area contributed by atoms with Gasteiger partial charge in [0.05, 0.1) is 0 Å². The summed E-state index contributed by atoms with van der Waals surface area (Å²) in [5, 5.41) is 14.4. The van der Waals surface area contributed by atoms with Gasteiger partial charge in [-0.3, -0.25) is 4.79 Å². The van der Waals surface area contributed by atoms with Gasteiger partial charge in [-0.15, -0.1) is 0 Å². The van der Waals surface area contributed by atoms with Crippen molar-refractivity contribution in [2.24, 2.45) is 0 Å². The molecule has 2 aromatic carbocycles. The number of nitrogens with zero attached hydrogens (tertiary/aromatic N) is 1. The molecule has 1 fully saturated rings. The maximum atomic E-state index is 13.0. The molecule has 0 unspecified atom stereocenters. The van der Waals surface area contributed by atoms with Crippen molar-refractivity contribution in [3.8, 4) is 0 Å². The second-order valence-electron chi connectivity index (χ2n) is 6.49. The van der Waals surface area contributed by atoms with Crippen molar-refractivity contribution in [3.05, 3.63) is 71.8 Å². The minimum atomic E-state index is -1.67. The Morgan fingerprint density at radius 2 is 1.46 bits per heavy atom. The quantitative estimate of drug-likeness (QED) is 0.906. The van der Waals surface area contributed by atoms with Crippen LogP contribution in [0.4, 0.5) is 0 Å². The van der Waals surface area contributed by atoms with Crippen LogP contribution in [0, 0.1) is 0 Å². The zero-order valence-corrected chi connectivity index (χ0v) is 14.0. The molecule has 24 heavy (non-hydrogen) atoms. The Hall–Kier alpha value is -2.17. The zero-order chi connectivity index (χ0) is 17.0. The summed E-state index contributed by atoms with van der Waals surface area (Å²) in [5.74, 6) is -0.352. The molecule has 0 aromatic heterocycles. The third-order valence-corrected chi connectivity index (χ3v) is 4.77. The van der Waals surface area contributed by atoms with E-state index in [2.05, 4.69) is 17.3 Å². The number of carbonyl (C=O) groups excluding carboxylic acids is 1. The summed E-state index contributed by atoms with van der Waals surface area (Å²) in [6.07, 6.45) is 1.81. The molecule has 4 heteroatoms. The average molecular weight is 324 g/mol. The summed E-state index contributed by atoms with van der Waals surface area (Å²) >= 11 is 0. The number of rotatable bonds is 4. The molecular weight excluding hydrogens is 300 g/mol. The van der Waals surface area contributed by atoms with Crippen LogP contribution in [0.5, 0.6) is 0 Å². The van der Waals surface area contributed by atoms with E-state index in [1.807, 2.05) is 36.4 Å². The number of benzene rings is 2. The van der Waals surface area contributed by atoms with Crippen LogP contribution < -0.4 is 5.32 Å². The molecule has 0 bridgehead atoms. The number of piperidine rings is 1. The highest BCUT2D eigenvalue weighted by Gasteiger charge is 2.40. The molecule has 1 aliphatic rings. The standard InChI is InChI=1S/C20H24N2O2/c1-22-14-12-18(13-15-22)21-19(23)20(24,16-8-4-2-5-9-16)17-10-6-3-7-11-17/h2-11,18,24H,12-15H2,1H3,(H,21,23). The zero-order valence-electron chi connectivity index (χ0n) is 14.0. The molecule has 0 atom stereocenters. The molecule has 1 heterocycles. The van der Waals surface area contributed by atoms with Crippen LogP contribution in [-0.4, -0.2) is 42.1 Å². The lowest BCUT2D eigenvalue weighted by Gasteiger charge is -2.33. The highest BCUT2D eigenvalue weighted by Crippen LogP contribution is 2.30. The molecule has 0 aliphatic carbocycles. The van der Waals surface area contributed by atoms with E-state index in [4.69, 9.17) is 0 Å². The van der Waals surface area contributed by atoms with Gasteiger partial charge < -0.3 is 15.3 Å². The van der Waals surface area contributed by atoms with E-state index in [0.717, 1.165) is 25.9 Å². The molecule has 126 valence electrons. The minimum absolute atomic E-state index is 0.104. The lowest BCUT2D eigenvalue weighted by Crippen LogP contribution is -2.51. The van der Waals surface area contributed by atoms with Crippen molar-refractivity contribution in [3.63, 3.8) is 0 Å². The minimum Gasteiger partial charge on any atom is -0.372 e. The Labute approximate surface area is 143 Å². The van der Waals surface area contributed by atoms with Crippen molar-refractivity contribution >= 4 is 5.91 Å². The third-order valence-electron chi connectivity index (χ3n) is 4.77. The number of hydrogen-bond donors (Lipinski definition) is 2. The fourth-order valence-corrected chi connectivity index (χ4v) is 3.23. The SMILES string of the molecule is CN1CCC(NC(=O)C(O)(c2ccccc2)c2ccccc2)CC1. The maximum Gasteiger partial charge on any atom is 0.261 e. The van der Waals surface area contributed by atoms with Gasteiger partial charge in [0.2, 0.25) is 0 Å². The number of aliphatic hydroxyl groups is 1. The Kier molecular flexibility index (Phi) is 4.97. The van der Waals surface area contributed by atoms with Gasteiger partial charge in [0, 0.05) is 6.04 Å². The molecule has 3 rings (SSSR count). The summed E-state index contributed by atoms with van der Waals surface area (Å²) in [5.41, 5.74) is -0.505. The van der Waals surface area contributed by atoms with Crippen LogP contribution in [0.25, 0.3) is 0 Å². The van der Waals surface area contributed by atoms with Gasteiger partial charge in [-0.25, -0.2) is 0 Å². The van der Waals surface area contributed by atoms with Gasteiger partial charge in [-0.1, -0.05) is 60.7 Å². The number of amides is 1. The number of nitrogens with one attached hydrogen (secondary N) is 1. The first kappa shape index (κ1) is 16.7. The van der Waals surface area contributed by atoms with Gasteiger partial charge in [0.15, 0.2) is 5.60 Å². The number of hydrogen-bond acceptors (Lipinski definition) is 3. The van der Waals surface area contributed by atoms with Crippen LogP contribution >= 0.6 is 0 Å². The molecule has 2 aromatic rings. The smallest absolute Gasteiger partial charge is 0.261 e. The van der Waals surface area contributed by atoms with Crippen molar-refractivity contribution in [2.75, 3.05) is 20.1 Å². The number of carbonyl (C=O) groups is 1. The lowest BCUT2D eigenvalue weighted by atomic mass is 9.85. The van der Waals surface area contributed by atoms with Gasteiger partial charge in [-0.05, 0) is 44.1 Å². The summed E-state index contributed by atoms with van der Waals surface area (Å²) in [7, 11) is 2.09. The van der Waals surface area contributed by atoms with Crippen molar-refractivity contribution in [1.29, 1.82) is 0 Å². The van der Waals surface area contributed by atoms with E-state index in [0.29, 0.717) is 11.1 Å². The highest BCUT2D eigenvalue weighted by atomic mass is 16.3. The topological polar surface area (TPSA) is 52.6 Å². The highest BCUT2D eigenvalue weighted by molar-refractivity contribution is 5.90. The summed E-state index contributed by atoms with van der Waals surface area (Å²) in [6.45, 7) is 1.92. The molecular formula is C20H24N2O2. The van der Waals surface area contributed by atoms with Crippen LogP contribution in [-0.2, 0) is 10.4 Å². The van der Waals surface area contributed by atoms with Crippen LogP contribution in [0.3, 0.4) is 0 Å². The molecule has 0 radical (unpaired) electrons. The Morgan fingerprint density at radius 3 is 1.92 bits per heavy atom. The lowest BCUT2D eigenvalue weighted by molar-refractivity contribution is -0.137. The summed E-state index contributed by atoms with van der Waals surface area (Å²) in [4.78, 5) is 15.3. The first-order valence-electron chi connectivity index (χ1n) is 8.43. The Bertz CT molecular complexity index is 625. The molecule has 1 amide bonds. The fourth-order valence-electron chi connectivity index (χ4n) is 3.23. The van der Waals surface area contributed by atoms with Gasteiger partial charge in [-0.2, -0.15) is 0 Å². The van der Waals surface area contributed by atoms with E-state index in [1.54, 1.807) is 24.3 Å². The predicted octanol–water partition coefficient (Wildman–Crippen LogP) is 2.13. The third kappa shape index (κ3) is 3.35. The first-order chi connectivity index (χ1) is 11.6. The second-order valence-corrected chi connectivity index (χ2v) is 6.49. The molecule has 0 saturated carbocycles. The van der Waals surface area contributed by atoms with Gasteiger partial charge in [0.1, 0.15) is 0 Å². The normalized spacial score (nSPS) is 16.8. The van der Waals surface area contributed by atoms with E-state index >= 15 is 0 Å². The van der Waals surface area contributed by atoms with Crippen LogP contribution in [0.15, 0.2) is 60.7 Å². The average Bonchev–Trinajstić information content (AvgIpc) is 2.64. The van der Waals surface area contributed by atoms with E-state index in [9.17, 15) is 9.90 Å². The number of likely N-dealkylation sites (tertiary alicyclic amines) is 1. The second kappa shape index (κ2) is 7.16. The fraction of sp³-hybridized carbons (Fsp3) is 0.350. The Balaban J connectivity index is 1.89. The molecule has 1 saturated heterocycles. The van der Waals surface area contributed by atoms with Gasteiger partial charge >= 0.3 is 0 Å². The monoisotopic (exact) mass is 324 g/mol. The van der Waals surface area contributed by atoms with E-state index in [-0.39, 0.29) is 11.9 Å². The van der Waals surface area contributed by atoms with E-state index < -0.39 is 5.60 Å². The molecule has 2 N–H and O–H groups in total. The molecule has 0 spiro atoms. The first-order valence-corrected chi connectivity index (χ1v) is 8.43. The largest absolute Gasteiger partial charge is 0.372 e. The predicted molar refractivity (Wildman–Crippen MR) is 94.5 cm³/mol. The molecule has 1 aliphatic heterocycles. The van der Waals surface area contributed by atoms with Crippen molar-refractivity contribution < 1.29 is 9.90 Å².